The minimum atomic E-state index is -0.0820. The van der Waals surface area contributed by atoms with E-state index in [1.54, 1.807) is 19.2 Å². The van der Waals surface area contributed by atoms with Crippen LogP contribution in [-0.4, -0.2) is 24.5 Å². The van der Waals surface area contributed by atoms with Crippen LogP contribution in [0.1, 0.15) is 21.6 Å². The number of H-pyrrole nitrogens is 1. The Hall–Kier alpha value is -2.75. The maximum atomic E-state index is 12.2. The Kier molecular flexibility index (Phi) is 4.33. The molecular weight excluding hydrogens is 288 g/mol. The number of amides is 1. The van der Waals surface area contributed by atoms with Crippen LogP contribution in [0.15, 0.2) is 48.5 Å². The Morgan fingerprint density at radius 3 is 2.83 bits per heavy atom. The molecule has 0 unspecified atom stereocenters. The van der Waals surface area contributed by atoms with Gasteiger partial charge in [-0.15, -0.1) is 0 Å². The lowest BCUT2D eigenvalue weighted by atomic mass is 10.1. The number of aromatic amines is 1. The summed E-state index contributed by atoms with van der Waals surface area (Å²) in [6.45, 7) is 2.66. The first-order valence-electron chi connectivity index (χ1n) is 7.67. The summed E-state index contributed by atoms with van der Waals surface area (Å²) in [5.74, 6) is 0.603. The molecule has 0 saturated heterocycles. The predicted molar refractivity (Wildman–Crippen MR) is 92.1 cm³/mol. The smallest absolute Gasteiger partial charge is 0.251 e. The van der Waals surface area contributed by atoms with E-state index in [4.69, 9.17) is 4.74 Å². The average Bonchev–Trinajstić information content (AvgIpc) is 2.90. The van der Waals surface area contributed by atoms with Crippen molar-refractivity contribution in [2.45, 2.75) is 13.3 Å². The third-order valence-electron chi connectivity index (χ3n) is 4.02. The second kappa shape index (κ2) is 6.57. The molecule has 0 atom stereocenters. The maximum absolute atomic E-state index is 12.2. The van der Waals surface area contributed by atoms with Gasteiger partial charge in [-0.05, 0) is 43.2 Å². The highest BCUT2D eigenvalue weighted by molar-refractivity contribution is 5.94. The number of hydrogen-bond donors (Lipinski definition) is 2. The molecule has 1 aromatic heterocycles. The number of carbonyl (C=O) groups excluding carboxylic acids is 1. The third kappa shape index (κ3) is 3.21. The highest BCUT2D eigenvalue weighted by atomic mass is 16.5. The van der Waals surface area contributed by atoms with Crippen LogP contribution >= 0.6 is 0 Å². The number of carbonyl (C=O) groups is 1. The lowest BCUT2D eigenvalue weighted by molar-refractivity contribution is 0.0954. The van der Waals surface area contributed by atoms with E-state index in [9.17, 15) is 4.79 Å². The van der Waals surface area contributed by atoms with Gasteiger partial charge < -0.3 is 15.0 Å². The van der Waals surface area contributed by atoms with Crippen molar-refractivity contribution in [3.05, 3.63) is 65.4 Å². The van der Waals surface area contributed by atoms with E-state index < -0.39 is 0 Å². The van der Waals surface area contributed by atoms with E-state index in [0.29, 0.717) is 17.9 Å². The van der Waals surface area contributed by atoms with E-state index in [1.165, 1.54) is 10.9 Å². The third-order valence-corrected chi connectivity index (χ3v) is 4.02. The molecule has 1 heterocycles. The Bertz CT molecular complexity index is 836. The number of hydrogen-bond acceptors (Lipinski definition) is 2. The quantitative estimate of drug-likeness (QED) is 0.758. The zero-order valence-electron chi connectivity index (χ0n) is 13.3. The largest absolute Gasteiger partial charge is 0.497 e. The van der Waals surface area contributed by atoms with E-state index >= 15 is 0 Å². The van der Waals surface area contributed by atoms with Gasteiger partial charge in [-0.3, -0.25) is 4.79 Å². The number of aromatic nitrogens is 1. The number of nitrogens with one attached hydrogen (secondary N) is 2. The number of benzene rings is 2. The molecule has 2 N–H and O–H groups in total. The summed E-state index contributed by atoms with van der Waals surface area (Å²) in [5, 5.41) is 4.19. The molecule has 0 saturated carbocycles. The molecule has 0 aliphatic heterocycles. The lowest BCUT2D eigenvalue weighted by Gasteiger charge is -2.07. The number of aryl methyl sites for hydroxylation is 1. The first kappa shape index (κ1) is 15.2. The van der Waals surface area contributed by atoms with Crippen LogP contribution < -0.4 is 10.1 Å². The van der Waals surface area contributed by atoms with Crippen LogP contribution in [0.3, 0.4) is 0 Å². The van der Waals surface area contributed by atoms with Gasteiger partial charge in [0.05, 0.1) is 7.11 Å². The lowest BCUT2D eigenvalue weighted by Crippen LogP contribution is -2.25. The van der Waals surface area contributed by atoms with E-state index in [2.05, 4.69) is 29.4 Å². The molecule has 2 aromatic carbocycles. The fraction of sp³-hybridized carbons (Fsp3) is 0.211. The topological polar surface area (TPSA) is 54.1 Å². The van der Waals surface area contributed by atoms with E-state index in [-0.39, 0.29) is 5.91 Å². The van der Waals surface area contributed by atoms with Crippen molar-refractivity contribution in [1.82, 2.24) is 10.3 Å². The van der Waals surface area contributed by atoms with Gasteiger partial charge in [0, 0.05) is 28.7 Å². The summed E-state index contributed by atoms with van der Waals surface area (Å²) >= 11 is 0. The van der Waals surface area contributed by atoms with Crippen LogP contribution in [0.25, 0.3) is 10.9 Å². The Balaban J connectivity index is 1.66. The number of rotatable bonds is 5. The Morgan fingerprint density at radius 2 is 2.00 bits per heavy atom. The molecule has 0 fully saturated rings. The molecule has 3 aromatic rings. The molecule has 23 heavy (non-hydrogen) atoms. The Labute approximate surface area is 135 Å². The second-order valence-electron chi connectivity index (χ2n) is 5.51. The second-order valence-corrected chi connectivity index (χ2v) is 5.51. The van der Waals surface area contributed by atoms with Crippen molar-refractivity contribution < 1.29 is 9.53 Å². The van der Waals surface area contributed by atoms with Crippen molar-refractivity contribution in [3.63, 3.8) is 0 Å². The number of ether oxygens (including phenoxy) is 1. The van der Waals surface area contributed by atoms with Crippen LogP contribution in [-0.2, 0) is 6.42 Å². The van der Waals surface area contributed by atoms with Crippen LogP contribution in [0, 0.1) is 6.92 Å². The fourth-order valence-corrected chi connectivity index (χ4v) is 2.82. The van der Waals surface area contributed by atoms with Crippen molar-refractivity contribution in [3.8, 4) is 5.75 Å². The first-order valence-corrected chi connectivity index (χ1v) is 7.67. The van der Waals surface area contributed by atoms with Gasteiger partial charge in [-0.1, -0.05) is 24.3 Å². The van der Waals surface area contributed by atoms with Crippen molar-refractivity contribution in [2.24, 2.45) is 0 Å². The summed E-state index contributed by atoms with van der Waals surface area (Å²) < 4.78 is 5.15. The minimum absolute atomic E-state index is 0.0820. The molecule has 1 amide bonds. The highest BCUT2D eigenvalue weighted by Crippen LogP contribution is 2.22. The van der Waals surface area contributed by atoms with Crippen molar-refractivity contribution in [2.75, 3.05) is 13.7 Å². The summed E-state index contributed by atoms with van der Waals surface area (Å²) in [4.78, 5) is 15.6. The highest BCUT2D eigenvalue weighted by Gasteiger charge is 2.09. The fourth-order valence-electron chi connectivity index (χ4n) is 2.82. The standard InChI is InChI=1S/C19H20N2O2/c1-13-16(17-8-3-4-9-18(17)21-13)10-11-20-19(22)14-6-5-7-15(12-14)23-2/h3-9,12,21H,10-11H2,1-2H3,(H,20,22). The van der Waals surface area contributed by atoms with E-state index in [0.717, 1.165) is 17.6 Å². The zero-order chi connectivity index (χ0) is 16.2. The Morgan fingerprint density at radius 1 is 1.17 bits per heavy atom. The molecule has 0 radical (unpaired) electrons. The average molecular weight is 308 g/mol. The molecule has 0 aliphatic rings. The van der Waals surface area contributed by atoms with Crippen LogP contribution in [0.2, 0.25) is 0 Å². The van der Waals surface area contributed by atoms with Crippen LogP contribution in [0.5, 0.6) is 5.75 Å². The number of methoxy groups -OCH3 is 1. The molecule has 4 nitrogen and oxygen atoms in total. The van der Waals surface area contributed by atoms with E-state index in [1.807, 2.05) is 24.3 Å². The monoisotopic (exact) mass is 308 g/mol. The molecule has 0 aliphatic carbocycles. The molecule has 0 bridgehead atoms. The number of fused-ring (bicyclic) bond motifs is 1. The van der Waals surface area contributed by atoms with Gasteiger partial charge in [0.2, 0.25) is 0 Å². The van der Waals surface area contributed by atoms with Crippen molar-refractivity contribution >= 4 is 16.8 Å². The summed E-state index contributed by atoms with van der Waals surface area (Å²) in [5.41, 5.74) is 4.16. The molecule has 3 rings (SSSR count). The van der Waals surface area contributed by atoms with Crippen LogP contribution in [0.4, 0.5) is 0 Å². The van der Waals surface area contributed by atoms with Gasteiger partial charge in [-0.25, -0.2) is 0 Å². The zero-order valence-corrected chi connectivity index (χ0v) is 13.3. The summed E-state index contributed by atoms with van der Waals surface area (Å²) in [6, 6.07) is 15.4. The molecule has 0 spiro atoms. The summed E-state index contributed by atoms with van der Waals surface area (Å²) in [6.07, 6.45) is 0.797. The van der Waals surface area contributed by atoms with Gasteiger partial charge in [0.1, 0.15) is 5.75 Å². The minimum Gasteiger partial charge on any atom is -0.497 e. The normalized spacial score (nSPS) is 10.7. The number of para-hydroxylation sites is 1. The van der Waals surface area contributed by atoms with Crippen molar-refractivity contribution in [1.29, 1.82) is 0 Å². The molecule has 118 valence electrons. The first-order chi connectivity index (χ1) is 11.2. The molecular formula is C19H20N2O2. The van der Waals surface area contributed by atoms with Gasteiger partial charge in [-0.2, -0.15) is 0 Å². The SMILES string of the molecule is COc1cccc(C(=O)NCCc2c(C)[nH]c3ccccc23)c1. The predicted octanol–water partition coefficient (Wildman–Crippen LogP) is 3.46. The van der Waals surface area contributed by atoms with Gasteiger partial charge >= 0.3 is 0 Å². The maximum Gasteiger partial charge on any atom is 0.251 e. The van der Waals surface area contributed by atoms with Gasteiger partial charge in [0.15, 0.2) is 0 Å². The molecule has 4 heteroatoms. The van der Waals surface area contributed by atoms with Gasteiger partial charge in [0.25, 0.3) is 5.91 Å². The summed E-state index contributed by atoms with van der Waals surface area (Å²) in [7, 11) is 1.59.